The molecule has 1 aromatic heterocycles. The molecule has 0 saturated carbocycles. The lowest BCUT2D eigenvalue weighted by molar-refractivity contribution is 0.0984. The first kappa shape index (κ1) is 20.6. The number of benzene rings is 2. The zero-order chi connectivity index (χ0) is 21.0. The highest BCUT2D eigenvalue weighted by Gasteiger charge is 2.23. The number of nitrogens with zero attached hydrogens (tertiary/aromatic N) is 2. The molecule has 0 aliphatic carbocycles. The molecule has 0 radical (unpaired) electrons. The summed E-state index contributed by atoms with van der Waals surface area (Å²) in [6.07, 6.45) is 0. The molecule has 1 amide bonds. The number of carbonyl (C=O) groups is 1. The zero-order valence-corrected chi connectivity index (χ0v) is 17.4. The van der Waals surface area contributed by atoms with E-state index in [2.05, 4.69) is 4.98 Å². The van der Waals surface area contributed by atoms with E-state index in [1.807, 2.05) is 12.3 Å². The number of ether oxygens (including phenoxy) is 3. The van der Waals surface area contributed by atoms with E-state index in [0.717, 1.165) is 10.7 Å². The van der Waals surface area contributed by atoms with Crippen LogP contribution in [0.25, 0.3) is 0 Å². The topological polar surface area (TPSA) is 60.9 Å². The molecule has 6 nitrogen and oxygen atoms in total. The molecule has 0 saturated heterocycles. The second-order valence-electron chi connectivity index (χ2n) is 6.14. The van der Waals surface area contributed by atoms with Gasteiger partial charge in [0.25, 0.3) is 5.91 Å². The summed E-state index contributed by atoms with van der Waals surface area (Å²) in [5, 5.41) is 2.80. The Morgan fingerprint density at radius 3 is 2.17 bits per heavy atom. The lowest BCUT2D eigenvalue weighted by Gasteiger charge is -2.23. The number of halogens is 1. The summed E-state index contributed by atoms with van der Waals surface area (Å²) in [4.78, 5) is 19.4. The van der Waals surface area contributed by atoms with Crippen LogP contribution in [0.15, 0.2) is 41.8 Å². The van der Waals surface area contributed by atoms with Gasteiger partial charge in [-0.25, -0.2) is 9.37 Å². The summed E-state index contributed by atoms with van der Waals surface area (Å²) in [5.74, 6) is 0.465. The molecule has 0 bridgehead atoms. The van der Waals surface area contributed by atoms with Crippen LogP contribution in [0, 0.1) is 12.7 Å². The van der Waals surface area contributed by atoms with Gasteiger partial charge in [-0.1, -0.05) is 0 Å². The smallest absolute Gasteiger partial charge is 0.258 e. The van der Waals surface area contributed by atoms with Gasteiger partial charge in [0, 0.05) is 16.6 Å². The van der Waals surface area contributed by atoms with Crippen molar-refractivity contribution in [3.63, 3.8) is 0 Å². The number of thiazole rings is 1. The highest BCUT2D eigenvalue weighted by atomic mass is 32.1. The lowest BCUT2D eigenvalue weighted by Crippen LogP contribution is -2.30. The van der Waals surface area contributed by atoms with E-state index in [1.165, 1.54) is 49.7 Å². The van der Waals surface area contributed by atoms with E-state index in [1.54, 1.807) is 24.3 Å². The number of rotatable bonds is 7. The van der Waals surface area contributed by atoms with Gasteiger partial charge in [0.15, 0.2) is 11.5 Å². The van der Waals surface area contributed by atoms with Crippen LogP contribution >= 0.6 is 11.3 Å². The van der Waals surface area contributed by atoms with Crippen molar-refractivity contribution in [2.24, 2.45) is 0 Å². The Balaban J connectivity index is 2.05. The third-order valence-electron chi connectivity index (χ3n) is 4.28. The first-order valence-electron chi connectivity index (χ1n) is 8.75. The number of hydrogen-bond donors (Lipinski definition) is 0. The van der Waals surface area contributed by atoms with Crippen molar-refractivity contribution in [2.75, 3.05) is 26.2 Å². The molecular formula is C21H21FN2O4S. The van der Waals surface area contributed by atoms with Crippen molar-refractivity contribution in [3.8, 4) is 17.2 Å². The summed E-state index contributed by atoms with van der Waals surface area (Å²) in [6, 6.07) is 8.93. The normalized spacial score (nSPS) is 10.5. The van der Waals surface area contributed by atoms with Gasteiger partial charge in [-0.05, 0) is 43.3 Å². The minimum Gasteiger partial charge on any atom is -0.493 e. The second kappa shape index (κ2) is 8.91. The van der Waals surface area contributed by atoms with Crippen molar-refractivity contribution in [1.82, 2.24) is 4.98 Å². The Kier molecular flexibility index (Phi) is 6.33. The highest BCUT2D eigenvalue weighted by molar-refractivity contribution is 7.09. The standard InChI is InChI=1S/C21H21FN2O4S/c1-13-23-16(12-29-13)11-24(17-7-5-15(22)6-8-17)21(25)14-9-18(26-2)20(28-4)19(10-14)27-3/h5-10,12H,11H2,1-4H3. The average molecular weight is 416 g/mol. The molecule has 3 aromatic rings. The van der Waals surface area contributed by atoms with E-state index >= 15 is 0 Å². The van der Waals surface area contributed by atoms with Crippen LogP contribution in [-0.2, 0) is 6.54 Å². The number of aryl methyl sites for hydroxylation is 1. The maximum absolute atomic E-state index is 13.4. The summed E-state index contributed by atoms with van der Waals surface area (Å²) < 4.78 is 29.5. The molecule has 0 N–H and O–H groups in total. The first-order chi connectivity index (χ1) is 14.0. The summed E-state index contributed by atoms with van der Waals surface area (Å²) in [7, 11) is 4.47. The van der Waals surface area contributed by atoms with Crippen LogP contribution < -0.4 is 19.1 Å². The van der Waals surface area contributed by atoms with Gasteiger partial charge < -0.3 is 19.1 Å². The Labute approximate surface area is 172 Å². The third-order valence-corrected chi connectivity index (χ3v) is 5.10. The van der Waals surface area contributed by atoms with E-state index in [9.17, 15) is 9.18 Å². The third kappa shape index (κ3) is 4.48. The van der Waals surface area contributed by atoms with E-state index in [0.29, 0.717) is 28.5 Å². The molecule has 8 heteroatoms. The van der Waals surface area contributed by atoms with Crippen molar-refractivity contribution >= 4 is 22.9 Å². The summed E-state index contributed by atoms with van der Waals surface area (Å²) >= 11 is 1.50. The fraction of sp³-hybridized carbons (Fsp3) is 0.238. The molecule has 0 aliphatic rings. The predicted octanol–water partition coefficient (Wildman–Crippen LogP) is 4.46. The van der Waals surface area contributed by atoms with Gasteiger partial charge in [0.1, 0.15) is 5.82 Å². The van der Waals surface area contributed by atoms with Crippen LogP contribution in [0.4, 0.5) is 10.1 Å². The van der Waals surface area contributed by atoms with Crippen molar-refractivity contribution in [3.05, 3.63) is 63.9 Å². The summed E-state index contributed by atoms with van der Waals surface area (Å²) in [5.41, 5.74) is 1.64. The molecule has 3 rings (SSSR count). The van der Waals surface area contributed by atoms with Gasteiger partial charge in [-0.3, -0.25) is 4.79 Å². The fourth-order valence-electron chi connectivity index (χ4n) is 2.90. The number of carbonyl (C=O) groups excluding carboxylic acids is 1. The van der Waals surface area contributed by atoms with E-state index < -0.39 is 0 Å². The Hall–Kier alpha value is -3.13. The molecule has 0 aliphatic heterocycles. The molecule has 152 valence electrons. The van der Waals surface area contributed by atoms with Crippen molar-refractivity contribution in [1.29, 1.82) is 0 Å². The summed E-state index contributed by atoms with van der Waals surface area (Å²) in [6.45, 7) is 2.14. The number of hydrogen-bond acceptors (Lipinski definition) is 6. The van der Waals surface area contributed by atoms with E-state index in [-0.39, 0.29) is 18.3 Å². The van der Waals surface area contributed by atoms with Gasteiger partial charge in [0.05, 0.1) is 38.6 Å². The minimum atomic E-state index is -0.376. The fourth-order valence-corrected chi connectivity index (χ4v) is 3.51. The Morgan fingerprint density at radius 1 is 1.07 bits per heavy atom. The van der Waals surface area contributed by atoms with Gasteiger partial charge in [0.2, 0.25) is 5.75 Å². The van der Waals surface area contributed by atoms with Crippen LogP contribution in [-0.4, -0.2) is 32.2 Å². The molecule has 0 fully saturated rings. The van der Waals surface area contributed by atoms with Gasteiger partial charge in [-0.2, -0.15) is 0 Å². The van der Waals surface area contributed by atoms with Crippen molar-refractivity contribution in [2.45, 2.75) is 13.5 Å². The predicted molar refractivity (Wildman–Crippen MR) is 110 cm³/mol. The molecule has 1 heterocycles. The molecule has 0 spiro atoms. The molecule has 2 aromatic carbocycles. The second-order valence-corrected chi connectivity index (χ2v) is 7.20. The van der Waals surface area contributed by atoms with Gasteiger partial charge in [-0.15, -0.1) is 11.3 Å². The SMILES string of the molecule is COc1cc(C(=O)N(Cc2csc(C)n2)c2ccc(F)cc2)cc(OC)c1OC. The quantitative estimate of drug-likeness (QED) is 0.569. The Bertz CT molecular complexity index is 979. The Morgan fingerprint density at radius 2 is 1.69 bits per heavy atom. The maximum Gasteiger partial charge on any atom is 0.258 e. The average Bonchev–Trinajstić information content (AvgIpc) is 3.15. The first-order valence-corrected chi connectivity index (χ1v) is 9.63. The lowest BCUT2D eigenvalue weighted by atomic mass is 10.1. The number of aromatic nitrogens is 1. The number of anilines is 1. The minimum absolute atomic E-state index is 0.242. The monoisotopic (exact) mass is 416 g/mol. The van der Waals surface area contributed by atoms with Crippen LogP contribution in [0.1, 0.15) is 21.1 Å². The molecular weight excluding hydrogens is 395 g/mol. The zero-order valence-electron chi connectivity index (χ0n) is 16.6. The van der Waals surface area contributed by atoms with Crippen LogP contribution in [0.3, 0.4) is 0 Å². The van der Waals surface area contributed by atoms with Crippen LogP contribution in [0.5, 0.6) is 17.2 Å². The molecule has 29 heavy (non-hydrogen) atoms. The molecule has 0 unspecified atom stereocenters. The molecule has 0 atom stereocenters. The van der Waals surface area contributed by atoms with Crippen molar-refractivity contribution < 1.29 is 23.4 Å². The largest absolute Gasteiger partial charge is 0.493 e. The maximum atomic E-state index is 13.4. The van der Waals surface area contributed by atoms with Crippen LogP contribution in [0.2, 0.25) is 0 Å². The van der Waals surface area contributed by atoms with Gasteiger partial charge >= 0.3 is 0 Å². The highest BCUT2D eigenvalue weighted by Crippen LogP contribution is 2.39. The van der Waals surface area contributed by atoms with E-state index in [4.69, 9.17) is 14.2 Å². The number of methoxy groups -OCH3 is 3. The number of amides is 1.